The molecule has 0 fully saturated rings. The first-order valence-corrected chi connectivity index (χ1v) is 6.51. The Bertz CT molecular complexity index is 610. The molecule has 0 atom stereocenters. The molecule has 18 heavy (non-hydrogen) atoms. The van der Waals surface area contributed by atoms with Gasteiger partial charge in [0.25, 0.3) is 0 Å². The minimum Gasteiger partial charge on any atom is -0.362 e. The first kappa shape index (κ1) is 12.5. The number of thiazole rings is 1. The molecule has 1 N–H and O–H groups in total. The normalized spacial score (nSPS) is 10.1. The highest BCUT2D eigenvalue weighted by atomic mass is 32.1. The minimum absolute atomic E-state index is 0.600. The van der Waals surface area contributed by atoms with Crippen molar-refractivity contribution in [1.82, 2.24) is 9.97 Å². The van der Waals surface area contributed by atoms with Gasteiger partial charge in [0.2, 0.25) is 0 Å². The van der Waals surface area contributed by atoms with E-state index in [-0.39, 0.29) is 0 Å². The molecule has 2 aromatic rings. The first-order valence-electron chi connectivity index (χ1n) is 5.63. The van der Waals surface area contributed by atoms with E-state index in [9.17, 15) is 0 Å². The quantitative estimate of drug-likeness (QED) is 0.919. The zero-order valence-corrected chi connectivity index (χ0v) is 11.4. The van der Waals surface area contributed by atoms with Crippen LogP contribution >= 0.6 is 11.3 Å². The van der Waals surface area contributed by atoms with E-state index in [4.69, 9.17) is 5.26 Å². The predicted octanol–water partition coefficient (Wildman–Crippen LogP) is 2.95. The van der Waals surface area contributed by atoms with Crippen molar-refractivity contribution in [1.29, 1.82) is 5.26 Å². The van der Waals surface area contributed by atoms with Crippen LogP contribution in [0.3, 0.4) is 0 Å². The SMILES string of the molecule is Cc1csc(CNc2nc(C)cc(C)c2C#N)n1. The fourth-order valence-corrected chi connectivity index (χ4v) is 2.46. The molecule has 0 aliphatic rings. The molecule has 0 aromatic carbocycles. The monoisotopic (exact) mass is 258 g/mol. The maximum absolute atomic E-state index is 9.15. The Morgan fingerprint density at radius 3 is 2.67 bits per heavy atom. The summed E-state index contributed by atoms with van der Waals surface area (Å²) in [6.07, 6.45) is 0. The van der Waals surface area contributed by atoms with Crippen LogP contribution in [0.5, 0.6) is 0 Å². The lowest BCUT2D eigenvalue weighted by molar-refractivity contribution is 1.04. The Morgan fingerprint density at radius 2 is 2.06 bits per heavy atom. The number of aryl methyl sites for hydroxylation is 3. The maximum atomic E-state index is 9.15. The topological polar surface area (TPSA) is 61.6 Å². The van der Waals surface area contributed by atoms with Crippen LogP contribution in [0.4, 0.5) is 5.82 Å². The number of pyridine rings is 1. The molecule has 92 valence electrons. The van der Waals surface area contributed by atoms with Crippen molar-refractivity contribution in [2.75, 3.05) is 5.32 Å². The van der Waals surface area contributed by atoms with Gasteiger partial charge < -0.3 is 5.32 Å². The van der Waals surface area contributed by atoms with Gasteiger partial charge in [-0.1, -0.05) is 0 Å². The molecule has 4 nitrogen and oxygen atoms in total. The zero-order chi connectivity index (χ0) is 13.1. The summed E-state index contributed by atoms with van der Waals surface area (Å²) in [5, 5.41) is 15.3. The molecule has 2 aromatic heterocycles. The number of nitrogens with one attached hydrogen (secondary N) is 1. The molecule has 0 aliphatic heterocycles. The average molecular weight is 258 g/mol. The molecular formula is C13H14N4S. The van der Waals surface area contributed by atoms with E-state index in [0.29, 0.717) is 17.9 Å². The van der Waals surface area contributed by atoms with Crippen LogP contribution in [0.1, 0.15) is 27.5 Å². The van der Waals surface area contributed by atoms with Gasteiger partial charge in [0.05, 0.1) is 12.1 Å². The summed E-state index contributed by atoms with van der Waals surface area (Å²) in [7, 11) is 0. The molecule has 0 aliphatic carbocycles. The summed E-state index contributed by atoms with van der Waals surface area (Å²) in [6, 6.07) is 4.10. The molecule has 0 radical (unpaired) electrons. The van der Waals surface area contributed by atoms with Gasteiger partial charge in [-0.05, 0) is 32.4 Å². The summed E-state index contributed by atoms with van der Waals surface area (Å²) in [6.45, 7) is 6.41. The molecule has 0 saturated heterocycles. The fraction of sp³-hybridized carbons (Fsp3) is 0.308. The largest absolute Gasteiger partial charge is 0.362 e. The lowest BCUT2D eigenvalue weighted by atomic mass is 10.1. The van der Waals surface area contributed by atoms with E-state index in [1.807, 2.05) is 32.2 Å². The summed E-state index contributed by atoms with van der Waals surface area (Å²) < 4.78 is 0. The Morgan fingerprint density at radius 1 is 1.28 bits per heavy atom. The van der Waals surface area contributed by atoms with Crippen LogP contribution < -0.4 is 5.32 Å². The second-order valence-electron chi connectivity index (χ2n) is 4.15. The Balaban J connectivity index is 2.21. The van der Waals surface area contributed by atoms with Gasteiger partial charge in [0.1, 0.15) is 16.9 Å². The molecule has 0 amide bonds. The first-order chi connectivity index (χ1) is 8.60. The molecule has 0 spiro atoms. The number of rotatable bonds is 3. The maximum Gasteiger partial charge on any atom is 0.144 e. The van der Waals surface area contributed by atoms with E-state index in [1.54, 1.807) is 11.3 Å². The van der Waals surface area contributed by atoms with Gasteiger partial charge in [0, 0.05) is 16.8 Å². The van der Waals surface area contributed by atoms with Crippen molar-refractivity contribution in [3.05, 3.63) is 39.0 Å². The number of aromatic nitrogens is 2. The second kappa shape index (κ2) is 5.15. The molecule has 0 bridgehead atoms. The number of anilines is 1. The van der Waals surface area contributed by atoms with Crippen LogP contribution in [0.25, 0.3) is 0 Å². The molecular weight excluding hydrogens is 244 g/mol. The van der Waals surface area contributed by atoms with E-state index in [1.165, 1.54) is 0 Å². The van der Waals surface area contributed by atoms with Gasteiger partial charge in [-0.15, -0.1) is 11.3 Å². The highest BCUT2D eigenvalue weighted by Crippen LogP contribution is 2.19. The Labute approximate surface area is 110 Å². The van der Waals surface area contributed by atoms with Crippen molar-refractivity contribution in [3.8, 4) is 6.07 Å². The zero-order valence-electron chi connectivity index (χ0n) is 10.6. The molecule has 0 saturated carbocycles. The number of nitrogens with zero attached hydrogens (tertiary/aromatic N) is 3. The lowest BCUT2D eigenvalue weighted by Crippen LogP contribution is -2.05. The van der Waals surface area contributed by atoms with Crippen LogP contribution in [0.2, 0.25) is 0 Å². The van der Waals surface area contributed by atoms with E-state index in [0.717, 1.165) is 22.0 Å². The van der Waals surface area contributed by atoms with E-state index < -0.39 is 0 Å². The fourth-order valence-electron chi connectivity index (χ4n) is 1.75. The smallest absolute Gasteiger partial charge is 0.144 e. The Kier molecular flexibility index (Phi) is 3.58. The number of hydrogen-bond acceptors (Lipinski definition) is 5. The lowest BCUT2D eigenvalue weighted by Gasteiger charge is -2.08. The van der Waals surface area contributed by atoms with Gasteiger partial charge in [0.15, 0.2) is 0 Å². The second-order valence-corrected chi connectivity index (χ2v) is 5.09. The van der Waals surface area contributed by atoms with Gasteiger partial charge in [-0.3, -0.25) is 0 Å². The standard InChI is InChI=1S/C13H14N4S/c1-8-4-9(2)17-13(11(8)5-14)15-6-12-16-10(3)7-18-12/h4,7H,6H2,1-3H3,(H,15,17). The van der Waals surface area contributed by atoms with Crippen LogP contribution in [0.15, 0.2) is 11.4 Å². The third kappa shape index (κ3) is 2.66. The van der Waals surface area contributed by atoms with Crippen LogP contribution in [-0.4, -0.2) is 9.97 Å². The summed E-state index contributed by atoms with van der Waals surface area (Å²) in [4.78, 5) is 8.74. The molecule has 2 heterocycles. The van der Waals surface area contributed by atoms with Gasteiger partial charge >= 0.3 is 0 Å². The van der Waals surface area contributed by atoms with Gasteiger partial charge in [-0.25, -0.2) is 9.97 Å². The van der Waals surface area contributed by atoms with Crippen molar-refractivity contribution < 1.29 is 0 Å². The minimum atomic E-state index is 0.600. The highest BCUT2D eigenvalue weighted by molar-refractivity contribution is 7.09. The van der Waals surface area contributed by atoms with Crippen molar-refractivity contribution >= 4 is 17.2 Å². The molecule has 2 rings (SSSR count). The number of hydrogen-bond donors (Lipinski definition) is 1. The van der Waals surface area contributed by atoms with Crippen molar-refractivity contribution in [2.24, 2.45) is 0 Å². The molecule has 5 heteroatoms. The summed E-state index contributed by atoms with van der Waals surface area (Å²) >= 11 is 1.61. The number of nitriles is 1. The molecule has 0 unspecified atom stereocenters. The predicted molar refractivity (Wildman–Crippen MR) is 72.6 cm³/mol. The Hall–Kier alpha value is -1.93. The van der Waals surface area contributed by atoms with E-state index >= 15 is 0 Å². The van der Waals surface area contributed by atoms with Crippen molar-refractivity contribution in [3.63, 3.8) is 0 Å². The van der Waals surface area contributed by atoms with Crippen LogP contribution in [-0.2, 0) is 6.54 Å². The average Bonchev–Trinajstić information content (AvgIpc) is 2.72. The highest BCUT2D eigenvalue weighted by Gasteiger charge is 2.08. The summed E-state index contributed by atoms with van der Waals surface area (Å²) in [5.74, 6) is 0.642. The van der Waals surface area contributed by atoms with Gasteiger partial charge in [-0.2, -0.15) is 5.26 Å². The van der Waals surface area contributed by atoms with Crippen LogP contribution in [0, 0.1) is 32.1 Å². The summed E-state index contributed by atoms with van der Waals surface area (Å²) in [5.41, 5.74) is 3.48. The van der Waals surface area contributed by atoms with E-state index in [2.05, 4.69) is 21.4 Å². The third-order valence-corrected chi connectivity index (χ3v) is 3.50. The third-order valence-electron chi connectivity index (χ3n) is 2.53. The van der Waals surface area contributed by atoms with Crippen molar-refractivity contribution in [2.45, 2.75) is 27.3 Å².